The van der Waals surface area contributed by atoms with Crippen LogP contribution in [0.15, 0.2) is 0 Å². The van der Waals surface area contributed by atoms with Gasteiger partial charge in [-0.2, -0.15) is 0 Å². The fourth-order valence-corrected chi connectivity index (χ4v) is 0.821. The van der Waals surface area contributed by atoms with Crippen LogP contribution in [-0.4, -0.2) is 35.6 Å². The minimum atomic E-state index is -0.992. The fraction of sp³-hybridized carbons (Fsp3) is 0.889. The maximum absolute atomic E-state index is 11.6. The summed E-state index contributed by atoms with van der Waals surface area (Å²) in [6.07, 6.45) is 0. The molecule has 72 valence electrons. The molecule has 0 spiro atoms. The van der Waals surface area contributed by atoms with Gasteiger partial charge in [0, 0.05) is 14.1 Å². The summed E-state index contributed by atoms with van der Waals surface area (Å²) < 4.78 is 0. The Kier molecular flexibility index (Phi) is 2.91. The molecule has 0 aliphatic heterocycles. The first-order chi connectivity index (χ1) is 5.10. The average Bonchev–Trinajstić information content (AvgIpc) is 1.83. The minimum Gasteiger partial charge on any atom is -0.389 e. The second kappa shape index (κ2) is 3.05. The molecule has 0 atom stereocenters. The lowest BCUT2D eigenvalue weighted by molar-refractivity contribution is -0.151. The van der Waals surface area contributed by atoms with E-state index >= 15 is 0 Å². The highest BCUT2D eigenvalue weighted by Gasteiger charge is 2.42. The topological polar surface area (TPSA) is 40.5 Å². The molecule has 0 radical (unpaired) electrons. The van der Waals surface area contributed by atoms with Gasteiger partial charge in [-0.15, -0.1) is 0 Å². The first kappa shape index (κ1) is 11.4. The summed E-state index contributed by atoms with van der Waals surface area (Å²) in [5.74, 6) is -0.0602. The highest BCUT2D eigenvalue weighted by atomic mass is 16.3. The molecule has 0 aromatic rings. The summed E-state index contributed by atoms with van der Waals surface area (Å²) >= 11 is 0. The van der Waals surface area contributed by atoms with Crippen molar-refractivity contribution in [3.63, 3.8) is 0 Å². The highest BCUT2D eigenvalue weighted by Crippen LogP contribution is 2.31. The van der Waals surface area contributed by atoms with Crippen LogP contribution in [0.3, 0.4) is 0 Å². The van der Waals surface area contributed by atoms with Gasteiger partial charge >= 0.3 is 0 Å². The molecule has 0 saturated heterocycles. The smallest absolute Gasteiger partial charge is 0.230 e. The van der Waals surface area contributed by atoms with E-state index < -0.39 is 11.0 Å². The minimum absolute atomic E-state index is 0.0602. The third-order valence-electron chi connectivity index (χ3n) is 2.47. The van der Waals surface area contributed by atoms with Crippen LogP contribution in [0, 0.1) is 5.41 Å². The molecule has 0 aromatic carbocycles. The number of amides is 1. The second-order valence-corrected chi connectivity index (χ2v) is 4.38. The van der Waals surface area contributed by atoms with Gasteiger partial charge in [0.15, 0.2) is 0 Å². The predicted molar refractivity (Wildman–Crippen MR) is 48.8 cm³/mol. The molecule has 12 heavy (non-hydrogen) atoms. The molecule has 0 rings (SSSR count). The summed E-state index contributed by atoms with van der Waals surface area (Å²) in [5, 5.41) is 9.72. The van der Waals surface area contributed by atoms with Crippen molar-refractivity contribution in [3.05, 3.63) is 0 Å². The van der Waals surface area contributed by atoms with Crippen LogP contribution in [0.5, 0.6) is 0 Å². The van der Waals surface area contributed by atoms with E-state index in [9.17, 15) is 9.90 Å². The molecule has 0 fully saturated rings. The van der Waals surface area contributed by atoms with Crippen LogP contribution in [0.1, 0.15) is 27.7 Å². The largest absolute Gasteiger partial charge is 0.389 e. The van der Waals surface area contributed by atoms with E-state index in [1.54, 1.807) is 41.8 Å². The Morgan fingerprint density at radius 3 is 1.58 bits per heavy atom. The second-order valence-electron chi connectivity index (χ2n) is 4.38. The Balaban J connectivity index is 4.74. The molecule has 0 bridgehead atoms. The van der Waals surface area contributed by atoms with Crippen LogP contribution in [0.4, 0.5) is 0 Å². The summed E-state index contributed by atoms with van der Waals surface area (Å²) in [6, 6.07) is 0. The van der Waals surface area contributed by atoms with E-state index in [0.717, 1.165) is 0 Å². The molecule has 3 heteroatoms. The third-order valence-corrected chi connectivity index (χ3v) is 2.47. The SMILES string of the molecule is CN(C)C(=O)C(C)(C)C(C)(C)O. The zero-order valence-electron chi connectivity index (χ0n) is 8.80. The van der Waals surface area contributed by atoms with E-state index in [1.165, 1.54) is 4.90 Å². The zero-order chi connectivity index (χ0) is 10.2. The van der Waals surface area contributed by atoms with Crippen LogP contribution < -0.4 is 0 Å². The lowest BCUT2D eigenvalue weighted by Gasteiger charge is -2.37. The molecular weight excluding hydrogens is 154 g/mol. The van der Waals surface area contributed by atoms with Gasteiger partial charge in [-0.25, -0.2) is 0 Å². The lowest BCUT2D eigenvalue weighted by Crippen LogP contribution is -2.49. The Hall–Kier alpha value is -0.570. The Morgan fingerprint density at radius 1 is 1.17 bits per heavy atom. The lowest BCUT2D eigenvalue weighted by atomic mass is 9.76. The van der Waals surface area contributed by atoms with Gasteiger partial charge in [0.2, 0.25) is 5.91 Å². The average molecular weight is 173 g/mol. The van der Waals surface area contributed by atoms with Gasteiger partial charge in [-0.1, -0.05) is 0 Å². The maximum atomic E-state index is 11.6. The van der Waals surface area contributed by atoms with E-state index in [0.29, 0.717) is 0 Å². The van der Waals surface area contributed by atoms with Gasteiger partial charge in [0.25, 0.3) is 0 Å². The fourth-order valence-electron chi connectivity index (χ4n) is 0.821. The van der Waals surface area contributed by atoms with Crippen molar-refractivity contribution in [1.82, 2.24) is 4.90 Å². The number of rotatable bonds is 2. The standard InChI is InChI=1S/C9H19NO2/c1-8(2,9(3,4)12)7(11)10(5)6/h12H,1-6H3. The van der Waals surface area contributed by atoms with Crippen molar-refractivity contribution in [3.8, 4) is 0 Å². The first-order valence-electron chi connectivity index (χ1n) is 4.05. The van der Waals surface area contributed by atoms with Crippen molar-refractivity contribution >= 4 is 5.91 Å². The highest BCUT2D eigenvalue weighted by molar-refractivity contribution is 5.82. The van der Waals surface area contributed by atoms with Crippen LogP contribution >= 0.6 is 0 Å². The summed E-state index contributed by atoms with van der Waals surface area (Å²) in [5.41, 5.74) is -1.73. The predicted octanol–water partition coefficient (Wildman–Crippen LogP) is 0.872. The van der Waals surface area contributed by atoms with Crippen molar-refractivity contribution in [1.29, 1.82) is 0 Å². The number of hydrogen-bond acceptors (Lipinski definition) is 2. The molecule has 0 saturated carbocycles. The summed E-state index contributed by atoms with van der Waals surface area (Å²) in [7, 11) is 3.38. The summed E-state index contributed by atoms with van der Waals surface area (Å²) in [4.78, 5) is 13.1. The van der Waals surface area contributed by atoms with Crippen molar-refractivity contribution in [2.45, 2.75) is 33.3 Å². The number of nitrogens with zero attached hydrogens (tertiary/aromatic N) is 1. The molecule has 1 N–H and O–H groups in total. The van der Waals surface area contributed by atoms with E-state index in [2.05, 4.69) is 0 Å². The normalized spacial score (nSPS) is 12.9. The molecule has 0 aliphatic rings. The van der Waals surface area contributed by atoms with Crippen LogP contribution in [0.2, 0.25) is 0 Å². The number of aliphatic hydroxyl groups is 1. The summed E-state index contributed by atoms with van der Waals surface area (Å²) in [6.45, 7) is 6.79. The van der Waals surface area contributed by atoms with E-state index in [1.807, 2.05) is 0 Å². The first-order valence-corrected chi connectivity index (χ1v) is 4.05. The van der Waals surface area contributed by atoms with E-state index in [-0.39, 0.29) is 5.91 Å². The molecule has 0 aliphatic carbocycles. The quantitative estimate of drug-likeness (QED) is 0.673. The van der Waals surface area contributed by atoms with Crippen LogP contribution in [-0.2, 0) is 4.79 Å². The number of carbonyl (C=O) groups excluding carboxylic acids is 1. The van der Waals surface area contributed by atoms with Crippen molar-refractivity contribution in [2.24, 2.45) is 5.41 Å². The molecular formula is C9H19NO2. The Morgan fingerprint density at radius 2 is 1.50 bits per heavy atom. The number of hydrogen-bond donors (Lipinski definition) is 1. The number of carbonyl (C=O) groups is 1. The van der Waals surface area contributed by atoms with Gasteiger partial charge in [-0.05, 0) is 27.7 Å². The van der Waals surface area contributed by atoms with Gasteiger partial charge in [-0.3, -0.25) is 4.79 Å². The van der Waals surface area contributed by atoms with Gasteiger partial charge < -0.3 is 10.0 Å². The Bertz CT molecular complexity index is 177. The van der Waals surface area contributed by atoms with Gasteiger partial charge in [0.1, 0.15) is 0 Å². The monoisotopic (exact) mass is 173 g/mol. The molecule has 0 heterocycles. The molecule has 3 nitrogen and oxygen atoms in total. The van der Waals surface area contributed by atoms with E-state index in [4.69, 9.17) is 0 Å². The molecule has 0 aromatic heterocycles. The molecule has 1 amide bonds. The zero-order valence-corrected chi connectivity index (χ0v) is 8.80. The third kappa shape index (κ3) is 1.97. The maximum Gasteiger partial charge on any atom is 0.230 e. The Labute approximate surface area is 74.4 Å². The molecule has 0 unspecified atom stereocenters. The van der Waals surface area contributed by atoms with Crippen LogP contribution in [0.25, 0.3) is 0 Å². The van der Waals surface area contributed by atoms with Crippen molar-refractivity contribution in [2.75, 3.05) is 14.1 Å². The van der Waals surface area contributed by atoms with Crippen molar-refractivity contribution < 1.29 is 9.90 Å². The van der Waals surface area contributed by atoms with Gasteiger partial charge in [0.05, 0.1) is 11.0 Å².